The molecule has 1 radical (unpaired) electrons. The highest BCUT2D eigenvalue weighted by molar-refractivity contribution is 5.43. The van der Waals surface area contributed by atoms with Crippen LogP contribution in [0.25, 0.3) is 0 Å². The summed E-state index contributed by atoms with van der Waals surface area (Å²) < 4.78 is 0. The summed E-state index contributed by atoms with van der Waals surface area (Å²) >= 11 is 0. The number of rotatable bonds is 5. The second-order valence-electron chi connectivity index (χ2n) is 6.08. The van der Waals surface area contributed by atoms with Crippen molar-refractivity contribution in [2.24, 2.45) is 5.92 Å². The first-order valence-electron chi connectivity index (χ1n) is 7.58. The van der Waals surface area contributed by atoms with Crippen LogP contribution in [0.5, 0.6) is 0 Å². The SMILES string of the molecule is CC(C)[C](Cc1ccccc1)c1ccccc1C(C)C. The van der Waals surface area contributed by atoms with Gasteiger partial charge in [0.2, 0.25) is 0 Å². The van der Waals surface area contributed by atoms with Gasteiger partial charge in [-0.3, -0.25) is 0 Å². The molecule has 20 heavy (non-hydrogen) atoms. The first-order chi connectivity index (χ1) is 9.59. The van der Waals surface area contributed by atoms with Crippen LogP contribution < -0.4 is 0 Å². The van der Waals surface area contributed by atoms with E-state index in [1.165, 1.54) is 16.7 Å². The summed E-state index contributed by atoms with van der Waals surface area (Å²) in [5, 5.41) is 0. The van der Waals surface area contributed by atoms with Crippen LogP contribution in [0.4, 0.5) is 0 Å². The molecule has 0 bridgehead atoms. The molecule has 0 aliphatic rings. The lowest BCUT2D eigenvalue weighted by Gasteiger charge is -2.25. The van der Waals surface area contributed by atoms with Gasteiger partial charge in [-0.15, -0.1) is 0 Å². The van der Waals surface area contributed by atoms with Gasteiger partial charge in [0.1, 0.15) is 0 Å². The monoisotopic (exact) mass is 265 g/mol. The van der Waals surface area contributed by atoms with Crippen LogP contribution in [0.15, 0.2) is 54.6 Å². The topological polar surface area (TPSA) is 0 Å². The van der Waals surface area contributed by atoms with Crippen molar-refractivity contribution in [3.8, 4) is 0 Å². The third-order valence-electron chi connectivity index (χ3n) is 3.86. The Bertz CT molecular complexity index is 523. The third kappa shape index (κ3) is 3.50. The number of hydrogen-bond donors (Lipinski definition) is 0. The lowest BCUT2D eigenvalue weighted by molar-refractivity contribution is 0.648. The zero-order valence-corrected chi connectivity index (χ0v) is 13.1. The maximum atomic E-state index is 2.30. The second-order valence-corrected chi connectivity index (χ2v) is 6.08. The van der Waals surface area contributed by atoms with Crippen LogP contribution in [0, 0.1) is 11.8 Å². The highest BCUT2D eigenvalue weighted by Gasteiger charge is 2.20. The van der Waals surface area contributed by atoms with Gasteiger partial charge in [-0.2, -0.15) is 0 Å². The molecule has 0 aliphatic carbocycles. The predicted molar refractivity (Wildman–Crippen MR) is 87.9 cm³/mol. The minimum atomic E-state index is 0.565. The fourth-order valence-electron chi connectivity index (χ4n) is 2.72. The first kappa shape index (κ1) is 14.8. The molecule has 0 heterocycles. The van der Waals surface area contributed by atoms with Gasteiger partial charge in [0, 0.05) is 5.92 Å². The van der Waals surface area contributed by atoms with Gasteiger partial charge in [-0.25, -0.2) is 0 Å². The van der Waals surface area contributed by atoms with Crippen molar-refractivity contribution in [3.05, 3.63) is 77.2 Å². The van der Waals surface area contributed by atoms with Crippen LogP contribution in [-0.2, 0) is 6.42 Å². The Balaban J connectivity index is 2.34. The quantitative estimate of drug-likeness (QED) is 0.657. The molecule has 0 aliphatic heterocycles. The molecule has 0 atom stereocenters. The fourth-order valence-corrected chi connectivity index (χ4v) is 2.72. The molecule has 2 rings (SSSR count). The Kier molecular flexibility index (Phi) is 5.00. The highest BCUT2D eigenvalue weighted by atomic mass is 14.2. The van der Waals surface area contributed by atoms with E-state index in [9.17, 15) is 0 Å². The van der Waals surface area contributed by atoms with E-state index in [4.69, 9.17) is 0 Å². The van der Waals surface area contributed by atoms with Crippen molar-refractivity contribution >= 4 is 0 Å². The van der Waals surface area contributed by atoms with Gasteiger partial charge in [-0.05, 0) is 34.9 Å². The van der Waals surface area contributed by atoms with Gasteiger partial charge in [-0.1, -0.05) is 82.3 Å². The summed E-state index contributed by atoms with van der Waals surface area (Å²) in [5.41, 5.74) is 4.31. The average molecular weight is 265 g/mol. The molecule has 0 fully saturated rings. The van der Waals surface area contributed by atoms with Crippen LogP contribution >= 0.6 is 0 Å². The Morgan fingerprint density at radius 1 is 0.800 bits per heavy atom. The third-order valence-corrected chi connectivity index (χ3v) is 3.86. The second kappa shape index (κ2) is 6.74. The van der Waals surface area contributed by atoms with Gasteiger partial charge in [0.25, 0.3) is 0 Å². The predicted octanol–water partition coefficient (Wildman–Crippen LogP) is 5.63. The summed E-state index contributed by atoms with van der Waals surface area (Å²) in [6, 6.07) is 19.7. The zero-order valence-electron chi connectivity index (χ0n) is 13.1. The number of benzene rings is 2. The summed E-state index contributed by atoms with van der Waals surface area (Å²) in [7, 11) is 0. The van der Waals surface area contributed by atoms with Crippen molar-refractivity contribution in [1.29, 1.82) is 0 Å². The molecule has 0 saturated carbocycles. The van der Waals surface area contributed by atoms with E-state index in [0.717, 1.165) is 6.42 Å². The van der Waals surface area contributed by atoms with Gasteiger partial charge >= 0.3 is 0 Å². The molecule has 105 valence electrons. The standard InChI is InChI=1S/C20H25/c1-15(2)18-12-8-9-13-19(18)20(16(3)4)14-17-10-6-5-7-11-17/h5-13,15-16H,14H2,1-4H3. The summed E-state index contributed by atoms with van der Waals surface area (Å²) in [6.07, 6.45) is 1.04. The van der Waals surface area contributed by atoms with E-state index in [0.29, 0.717) is 11.8 Å². The van der Waals surface area contributed by atoms with Crippen molar-refractivity contribution < 1.29 is 0 Å². The molecular formula is C20H25. The Morgan fingerprint density at radius 3 is 2.00 bits per heavy atom. The molecular weight excluding hydrogens is 240 g/mol. The van der Waals surface area contributed by atoms with Crippen LogP contribution in [0.3, 0.4) is 0 Å². The Labute approximate surface area is 123 Å². The first-order valence-corrected chi connectivity index (χ1v) is 7.58. The molecule has 0 spiro atoms. The molecule has 0 saturated heterocycles. The summed E-state index contributed by atoms with van der Waals surface area (Å²) in [4.78, 5) is 0. The Hall–Kier alpha value is -1.56. The average Bonchev–Trinajstić information content (AvgIpc) is 2.45. The molecule has 0 nitrogen and oxygen atoms in total. The van der Waals surface area contributed by atoms with E-state index < -0.39 is 0 Å². The maximum Gasteiger partial charge on any atom is 0.0122 e. The van der Waals surface area contributed by atoms with Crippen molar-refractivity contribution in [2.75, 3.05) is 0 Å². The van der Waals surface area contributed by atoms with E-state index in [1.54, 1.807) is 5.92 Å². The fraction of sp³-hybridized carbons (Fsp3) is 0.350. The maximum absolute atomic E-state index is 2.30. The largest absolute Gasteiger partial charge is 0.0622 e. The normalized spacial score (nSPS) is 11.6. The molecule has 2 aromatic rings. The van der Waals surface area contributed by atoms with Crippen molar-refractivity contribution in [1.82, 2.24) is 0 Å². The highest BCUT2D eigenvalue weighted by Crippen LogP contribution is 2.32. The minimum Gasteiger partial charge on any atom is -0.0622 e. The molecule has 0 unspecified atom stereocenters. The van der Waals surface area contributed by atoms with Crippen LogP contribution in [0.1, 0.15) is 50.3 Å². The molecule has 0 heteroatoms. The lowest BCUT2D eigenvalue weighted by Crippen LogP contribution is -2.14. The minimum absolute atomic E-state index is 0.565. The van der Waals surface area contributed by atoms with E-state index in [1.807, 2.05) is 0 Å². The van der Waals surface area contributed by atoms with Gasteiger partial charge < -0.3 is 0 Å². The van der Waals surface area contributed by atoms with Gasteiger partial charge in [0.05, 0.1) is 0 Å². The molecule has 0 N–H and O–H groups in total. The number of hydrogen-bond acceptors (Lipinski definition) is 0. The summed E-state index contributed by atoms with van der Waals surface area (Å²) in [6.45, 7) is 9.16. The van der Waals surface area contributed by atoms with Gasteiger partial charge in [0.15, 0.2) is 0 Å². The lowest BCUT2D eigenvalue weighted by atomic mass is 9.79. The van der Waals surface area contributed by atoms with E-state index in [2.05, 4.69) is 82.3 Å². The summed E-state index contributed by atoms with van der Waals surface area (Å²) in [5.74, 6) is 2.67. The van der Waals surface area contributed by atoms with Crippen molar-refractivity contribution in [2.45, 2.75) is 40.0 Å². The van der Waals surface area contributed by atoms with Crippen molar-refractivity contribution in [3.63, 3.8) is 0 Å². The smallest absolute Gasteiger partial charge is 0.0122 e. The molecule has 0 amide bonds. The van der Waals surface area contributed by atoms with E-state index in [-0.39, 0.29) is 0 Å². The van der Waals surface area contributed by atoms with Crippen LogP contribution in [-0.4, -0.2) is 0 Å². The zero-order chi connectivity index (χ0) is 14.5. The Morgan fingerprint density at radius 2 is 1.40 bits per heavy atom. The molecule has 2 aromatic carbocycles. The van der Waals surface area contributed by atoms with E-state index >= 15 is 0 Å². The van der Waals surface area contributed by atoms with Crippen LogP contribution in [0.2, 0.25) is 0 Å². The molecule has 0 aromatic heterocycles.